The molecular weight excluding hydrogens is 509 g/mol. The van der Waals surface area contributed by atoms with Crippen LogP contribution in [0.1, 0.15) is 40.3 Å². The van der Waals surface area contributed by atoms with Gasteiger partial charge in [0.1, 0.15) is 5.76 Å². The molecule has 0 saturated heterocycles. The number of carbonyl (C=O) groups excluding carboxylic acids is 2. The smallest absolute Gasteiger partial charge is 0.455 e. The van der Waals surface area contributed by atoms with Crippen LogP contribution in [0.15, 0.2) is 33.8 Å². The topological polar surface area (TPSA) is 127 Å². The normalized spacial score (nSPS) is 15.4. The lowest BCUT2D eigenvalue weighted by atomic mass is 9.93. The molecule has 2 amide bonds. The van der Waals surface area contributed by atoms with Crippen LogP contribution < -0.4 is 10.7 Å². The number of hydrazone groups is 1. The number of furan rings is 1. The van der Waals surface area contributed by atoms with E-state index in [-0.39, 0.29) is 59.0 Å². The number of aryl methyl sites for hydroxylation is 1. The quantitative estimate of drug-likeness (QED) is 0.321. The van der Waals surface area contributed by atoms with E-state index in [0.717, 1.165) is 11.5 Å². The van der Waals surface area contributed by atoms with Crippen LogP contribution in [-0.4, -0.2) is 40.5 Å². The van der Waals surface area contributed by atoms with Crippen molar-refractivity contribution in [3.05, 3.63) is 57.0 Å². The van der Waals surface area contributed by atoms with Gasteiger partial charge in [-0.25, -0.2) is 5.43 Å². The van der Waals surface area contributed by atoms with E-state index in [0.29, 0.717) is 0 Å². The highest BCUT2D eigenvalue weighted by Gasteiger charge is 2.76. The van der Waals surface area contributed by atoms with Crippen molar-refractivity contribution < 1.29 is 49.7 Å². The van der Waals surface area contributed by atoms with Crippen molar-refractivity contribution in [2.75, 3.05) is 5.32 Å². The van der Waals surface area contributed by atoms with Gasteiger partial charge in [-0.05, 0) is 25.8 Å². The number of benzene rings is 1. The molecule has 0 unspecified atom stereocenters. The molecule has 0 saturated carbocycles. The monoisotopic (exact) mass is 524 g/mol. The van der Waals surface area contributed by atoms with Crippen molar-refractivity contribution >= 4 is 28.9 Å². The Labute approximate surface area is 196 Å². The molecule has 1 aromatic carbocycles. The standard InChI is InChI=1S/C20H15F7N4O5/c1-9-14-12(29-30-17(33)18(21,22)19(23,24)20(25,26)27)6-3-7-13(14)36-15(9)16(32)28-10-4-2-5-11(8-10)31(34)35/h2,4-5,8H,3,6-7H2,1H3,(H,28,32)(H,30,33)/b29-12+. The van der Waals surface area contributed by atoms with Crippen molar-refractivity contribution in [2.24, 2.45) is 5.10 Å². The Kier molecular flexibility index (Phi) is 6.83. The van der Waals surface area contributed by atoms with Crippen LogP contribution in [0.2, 0.25) is 0 Å². The fraction of sp³-hybridized carbons (Fsp3) is 0.350. The average Bonchev–Trinajstić information content (AvgIpc) is 3.14. The third-order valence-electron chi connectivity index (χ3n) is 5.17. The van der Waals surface area contributed by atoms with E-state index in [9.17, 15) is 50.4 Å². The molecule has 1 aromatic heterocycles. The predicted octanol–water partition coefficient (Wildman–Crippen LogP) is 4.74. The van der Waals surface area contributed by atoms with Gasteiger partial charge in [-0.3, -0.25) is 19.7 Å². The highest BCUT2D eigenvalue weighted by atomic mass is 19.4. The molecule has 1 heterocycles. The molecule has 1 aliphatic carbocycles. The zero-order valence-corrected chi connectivity index (χ0v) is 18.0. The summed E-state index contributed by atoms with van der Waals surface area (Å²) in [6.45, 7) is 1.36. The van der Waals surface area contributed by atoms with Gasteiger partial charge >= 0.3 is 23.9 Å². The molecule has 0 spiro atoms. The van der Waals surface area contributed by atoms with E-state index in [1.54, 1.807) is 0 Å². The molecule has 2 N–H and O–H groups in total. The van der Waals surface area contributed by atoms with Crippen LogP contribution in [0.25, 0.3) is 0 Å². The second-order valence-corrected chi connectivity index (χ2v) is 7.62. The molecule has 0 aliphatic heterocycles. The maximum Gasteiger partial charge on any atom is 0.460 e. The van der Waals surface area contributed by atoms with Gasteiger partial charge in [0.05, 0.1) is 10.6 Å². The van der Waals surface area contributed by atoms with Crippen molar-refractivity contribution in [3.8, 4) is 0 Å². The van der Waals surface area contributed by atoms with Gasteiger partial charge in [0.2, 0.25) is 0 Å². The number of hydrogen-bond donors (Lipinski definition) is 2. The van der Waals surface area contributed by atoms with Crippen molar-refractivity contribution in [2.45, 2.75) is 44.2 Å². The lowest BCUT2D eigenvalue weighted by Crippen LogP contribution is -2.58. The van der Waals surface area contributed by atoms with Crippen LogP contribution in [0, 0.1) is 17.0 Å². The first-order valence-electron chi connectivity index (χ1n) is 9.95. The number of nitro benzene ring substituents is 1. The molecule has 1 aliphatic rings. The van der Waals surface area contributed by atoms with Crippen LogP contribution in [0.4, 0.5) is 42.1 Å². The Bertz CT molecular complexity index is 1250. The highest BCUT2D eigenvalue weighted by Crippen LogP contribution is 2.46. The fourth-order valence-electron chi connectivity index (χ4n) is 3.39. The lowest BCUT2D eigenvalue weighted by Gasteiger charge is -2.26. The van der Waals surface area contributed by atoms with Gasteiger partial charge < -0.3 is 9.73 Å². The Morgan fingerprint density at radius 3 is 2.39 bits per heavy atom. The minimum Gasteiger partial charge on any atom is -0.455 e. The molecule has 0 atom stereocenters. The number of anilines is 1. The summed E-state index contributed by atoms with van der Waals surface area (Å²) in [5, 5.41) is 16.6. The zero-order valence-electron chi connectivity index (χ0n) is 18.0. The minimum atomic E-state index is -6.69. The minimum absolute atomic E-state index is 0.0131. The summed E-state index contributed by atoms with van der Waals surface area (Å²) < 4.78 is 95.7. The van der Waals surface area contributed by atoms with Crippen LogP contribution in [0.5, 0.6) is 0 Å². The number of nitrogens with zero attached hydrogens (tertiary/aromatic N) is 2. The fourth-order valence-corrected chi connectivity index (χ4v) is 3.39. The first-order valence-corrected chi connectivity index (χ1v) is 9.95. The first-order chi connectivity index (χ1) is 16.6. The SMILES string of the molecule is Cc1c(C(=O)Nc2cccc([N+](=O)[O-])c2)oc2c1/C(=N/NC(=O)C(F)(F)C(F)(F)C(F)(F)F)CCC2. The summed E-state index contributed by atoms with van der Waals surface area (Å²) in [7, 11) is 0. The summed E-state index contributed by atoms with van der Waals surface area (Å²) in [5.74, 6) is -16.8. The summed E-state index contributed by atoms with van der Waals surface area (Å²) in [6.07, 6.45) is -6.21. The highest BCUT2D eigenvalue weighted by molar-refractivity contribution is 6.09. The van der Waals surface area contributed by atoms with Crippen LogP contribution >= 0.6 is 0 Å². The molecule has 0 radical (unpaired) electrons. The van der Waals surface area contributed by atoms with Crippen LogP contribution in [-0.2, 0) is 11.2 Å². The molecule has 9 nitrogen and oxygen atoms in total. The number of nitro groups is 1. The second kappa shape index (κ2) is 9.23. The van der Waals surface area contributed by atoms with E-state index in [4.69, 9.17) is 4.42 Å². The molecular formula is C20H15F7N4O5. The molecule has 0 bridgehead atoms. The largest absolute Gasteiger partial charge is 0.460 e. The van der Waals surface area contributed by atoms with E-state index >= 15 is 0 Å². The molecule has 16 heteroatoms. The molecule has 194 valence electrons. The maximum atomic E-state index is 13.6. The van der Waals surface area contributed by atoms with Gasteiger partial charge in [-0.2, -0.15) is 35.8 Å². The van der Waals surface area contributed by atoms with Gasteiger partial charge in [0, 0.05) is 35.4 Å². The van der Waals surface area contributed by atoms with E-state index in [1.807, 2.05) is 0 Å². The maximum absolute atomic E-state index is 13.6. The Hall–Kier alpha value is -3.98. The van der Waals surface area contributed by atoms with Crippen molar-refractivity contribution in [1.29, 1.82) is 0 Å². The Morgan fingerprint density at radius 2 is 1.78 bits per heavy atom. The van der Waals surface area contributed by atoms with Gasteiger partial charge in [-0.15, -0.1) is 0 Å². The number of alkyl halides is 7. The molecule has 0 fully saturated rings. The average molecular weight is 524 g/mol. The van der Waals surface area contributed by atoms with Gasteiger partial charge in [0.15, 0.2) is 5.76 Å². The lowest BCUT2D eigenvalue weighted by molar-refractivity contribution is -0.384. The van der Waals surface area contributed by atoms with E-state index in [2.05, 4.69) is 10.4 Å². The van der Waals surface area contributed by atoms with Gasteiger partial charge in [0.25, 0.3) is 11.6 Å². The molecule has 3 rings (SSSR count). The Balaban J connectivity index is 1.86. The summed E-state index contributed by atoms with van der Waals surface area (Å²) >= 11 is 0. The summed E-state index contributed by atoms with van der Waals surface area (Å²) in [5.41, 5.74) is 0.792. The van der Waals surface area contributed by atoms with Crippen molar-refractivity contribution in [3.63, 3.8) is 0 Å². The molecule has 2 aromatic rings. The zero-order chi connectivity index (χ0) is 27.1. The first kappa shape index (κ1) is 26.6. The van der Waals surface area contributed by atoms with Crippen molar-refractivity contribution in [1.82, 2.24) is 5.43 Å². The number of rotatable bonds is 6. The third kappa shape index (κ3) is 4.74. The number of non-ortho nitro benzene ring substituents is 1. The second-order valence-electron chi connectivity index (χ2n) is 7.62. The predicted molar refractivity (Wildman–Crippen MR) is 108 cm³/mol. The number of nitrogens with one attached hydrogen (secondary N) is 2. The number of amides is 2. The van der Waals surface area contributed by atoms with Crippen LogP contribution in [0.3, 0.4) is 0 Å². The number of halogens is 7. The third-order valence-corrected chi connectivity index (χ3v) is 5.17. The van der Waals surface area contributed by atoms with Gasteiger partial charge in [-0.1, -0.05) is 6.07 Å². The summed E-state index contributed by atoms with van der Waals surface area (Å²) in [6, 6.07) is 4.95. The summed E-state index contributed by atoms with van der Waals surface area (Å²) in [4.78, 5) is 34.4. The Morgan fingerprint density at radius 1 is 1.11 bits per heavy atom. The number of fused-ring (bicyclic) bond motifs is 1. The van der Waals surface area contributed by atoms with E-state index in [1.165, 1.54) is 25.1 Å². The van der Waals surface area contributed by atoms with E-state index < -0.39 is 34.8 Å². The molecule has 36 heavy (non-hydrogen) atoms. The number of hydrogen-bond acceptors (Lipinski definition) is 6. The number of carbonyl (C=O) groups is 2.